The summed E-state index contributed by atoms with van der Waals surface area (Å²) in [6, 6.07) is 7.96. The van der Waals surface area contributed by atoms with E-state index in [1.165, 1.54) is 0 Å². The topological polar surface area (TPSA) is 27.6 Å². The van der Waals surface area contributed by atoms with E-state index in [4.69, 9.17) is 0 Å². The molecule has 0 spiro atoms. The van der Waals surface area contributed by atoms with Gasteiger partial charge in [-0.1, -0.05) is 28.1 Å². The number of hydrogen-bond acceptors (Lipinski definition) is 1. The predicted molar refractivity (Wildman–Crippen MR) is 86.9 cm³/mol. The van der Waals surface area contributed by atoms with Crippen molar-refractivity contribution in [3.8, 4) is 0 Å². The molecule has 0 aromatic heterocycles. The number of halogens is 4. The second-order valence-corrected chi connectivity index (χ2v) is 5.94. The highest BCUT2D eigenvalue weighted by atomic mass is 79.9. The fourth-order valence-electron chi connectivity index (χ4n) is 1.97. The summed E-state index contributed by atoms with van der Waals surface area (Å²) in [5.74, 6) is 0.676. The van der Waals surface area contributed by atoms with E-state index in [1.54, 1.807) is 7.05 Å². The molecule has 0 atom stereocenters. The van der Waals surface area contributed by atoms with Gasteiger partial charge in [0.25, 0.3) is 0 Å². The van der Waals surface area contributed by atoms with Crippen LogP contribution in [0.5, 0.6) is 0 Å². The third kappa shape index (κ3) is 7.68. The van der Waals surface area contributed by atoms with E-state index in [1.807, 2.05) is 36.2 Å². The second kappa shape index (κ2) is 9.02. The van der Waals surface area contributed by atoms with Gasteiger partial charge in [0.1, 0.15) is 0 Å². The lowest BCUT2D eigenvalue weighted by Gasteiger charge is -2.22. The maximum Gasteiger partial charge on any atom is 0.389 e. The van der Waals surface area contributed by atoms with Crippen LogP contribution < -0.4 is 5.32 Å². The van der Waals surface area contributed by atoms with Crippen LogP contribution in [-0.4, -0.2) is 37.7 Å². The minimum Gasteiger partial charge on any atom is -0.356 e. The first-order valence-corrected chi connectivity index (χ1v) is 7.84. The van der Waals surface area contributed by atoms with Gasteiger partial charge in [-0.05, 0) is 30.5 Å². The molecule has 0 saturated heterocycles. The molecule has 0 unspecified atom stereocenters. The highest BCUT2D eigenvalue weighted by Crippen LogP contribution is 2.21. The summed E-state index contributed by atoms with van der Waals surface area (Å²) in [5.41, 5.74) is 1.13. The Kier molecular flexibility index (Phi) is 7.72. The van der Waals surface area contributed by atoms with E-state index in [2.05, 4.69) is 26.2 Å². The summed E-state index contributed by atoms with van der Waals surface area (Å²) in [5, 5.41) is 3.09. The van der Waals surface area contributed by atoms with Crippen LogP contribution in [0.4, 0.5) is 13.2 Å². The average Bonchev–Trinajstić information content (AvgIpc) is 2.44. The molecule has 1 rings (SSSR count). The van der Waals surface area contributed by atoms with Gasteiger partial charge in [-0.2, -0.15) is 13.2 Å². The number of rotatable bonds is 6. The standard InChI is InChI=1S/C15H21BrF3N3/c1-20-14(21-10-4-3-9-15(17,18)19)22(2)11-12-5-7-13(16)8-6-12/h5-8H,3-4,9-11H2,1-2H3,(H,20,21). The zero-order chi connectivity index (χ0) is 16.6. The smallest absolute Gasteiger partial charge is 0.356 e. The van der Waals surface area contributed by atoms with Gasteiger partial charge in [-0.25, -0.2) is 0 Å². The fourth-order valence-corrected chi connectivity index (χ4v) is 2.24. The Hall–Kier alpha value is -1.24. The summed E-state index contributed by atoms with van der Waals surface area (Å²) in [7, 11) is 3.56. The summed E-state index contributed by atoms with van der Waals surface area (Å²) in [6.07, 6.45) is -4.21. The van der Waals surface area contributed by atoms with Crippen molar-refractivity contribution < 1.29 is 13.2 Å². The first-order chi connectivity index (χ1) is 10.3. The first kappa shape index (κ1) is 18.8. The highest BCUT2D eigenvalue weighted by Gasteiger charge is 2.25. The van der Waals surface area contributed by atoms with Gasteiger partial charge in [0.15, 0.2) is 5.96 Å². The van der Waals surface area contributed by atoms with Gasteiger partial charge < -0.3 is 10.2 Å². The fraction of sp³-hybridized carbons (Fsp3) is 0.533. The van der Waals surface area contributed by atoms with Crippen LogP contribution in [0.2, 0.25) is 0 Å². The number of nitrogens with zero attached hydrogens (tertiary/aromatic N) is 2. The van der Waals surface area contributed by atoms with E-state index in [0.29, 0.717) is 25.5 Å². The molecular formula is C15H21BrF3N3. The van der Waals surface area contributed by atoms with Crippen molar-refractivity contribution in [2.45, 2.75) is 32.0 Å². The number of nitrogens with one attached hydrogen (secondary N) is 1. The lowest BCUT2D eigenvalue weighted by molar-refractivity contribution is -0.135. The zero-order valence-corrected chi connectivity index (χ0v) is 14.3. The molecule has 0 heterocycles. The molecule has 0 fully saturated rings. The average molecular weight is 380 g/mol. The predicted octanol–water partition coefficient (Wildman–Crippen LogP) is 4.19. The Morgan fingerprint density at radius 3 is 2.41 bits per heavy atom. The van der Waals surface area contributed by atoms with E-state index in [0.717, 1.165) is 10.0 Å². The Labute approximate surface area is 137 Å². The summed E-state index contributed by atoms with van der Waals surface area (Å²) in [6.45, 7) is 1.16. The summed E-state index contributed by atoms with van der Waals surface area (Å²) in [4.78, 5) is 6.09. The van der Waals surface area contributed by atoms with E-state index in [9.17, 15) is 13.2 Å². The van der Waals surface area contributed by atoms with Crippen LogP contribution in [0.3, 0.4) is 0 Å². The molecule has 7 heteroatoms. The minimum absolute atomic E-state index is 0.129. The van der Waals surface area contributed by atoms with Gasteiger partial charge in [0, 0.05) is 38.1 Å². The molecule has 3 nitrogen and oxygen atoms in total. The van der Waals surface area contributed by atoms with Crippen molar-refractivity contribution in [3.63, 3.8) is 0 Å². The van der Waals surface area contributed by atoms with E-state index >= 15 is 0 Å². The first-order valence-electron chi connectivity index (χ1n) is 7.05. The molecule has 0 aliphatic carbocycles. The molecule has 0 radical (unpaired) electrons. The molecule has 124 valence electrons. The minimum atomic E-state index is -4.07. The summed E-state index contributed by atoms with van der Waals surface area (Å²) >= 11 is 3.39. The molecule has 0 aliphatic rings. The monoisotopic (exact) mass is 379 g/mol. The highest BCUT2D eigenvalue weighted by molar-refractivity contribution is 9.10. The normalized spacial score (nSPS) is 12.4. The Bertz CT molecular complexity index is 472. The molecule has 0 amide bonds. The van der Waals surface area contributed by atoms with Crippen molar-refractivity contribution in [1.82, 2.24) is 10.2 Å². The third-order valence-electron chi connectivity index (χ3n) is 3.08. The molecule has 0 bridgehead atoms. The molecule has 1 N–H and O–H groups in total. The number of aliphatic imine (C=N–C) groups is 1. The van der Waals surface area contributed by atoms with Crippen molar-refractivity contribution in [2.24, 2.45) is 4.99 Å². The van der Waals surface area contributed by atoms with E-state index < -0.39 is 12.6 Å². The number of benzene rings is 1. The van der Waals surface area contributed by atoms with Gasteiger partial charge >= 0.3 is 6.18 Å². The van der Waals surface area contributed by atoms with Crippen LogP contribution in [0.1, 0.15) is 24.8 Å². The maximum absolute atomic E-state index is 12.1. The van der Waals surface area contributed by atoms with E-state index in [-0.39, 0.29) is 6.42 Å². The second-order valence-electron chi connectivity index (χ2n) is 5.03. The molecular weight excluding hydrogens is 359 g/mol. The third-order valence-corrected chi connectivity index (χ3v) is 3.61. The zero-order valence-electron chi connectivity index (χ0n) is 12.8. The Balaban J connectivity index is 2.35. The Morgan fingerprint density at radius 1 is 1.23 bits per heavy atom. The van der Waals surface area contributed by atoms with Crippen LogP contribution in [0.25, 0.3) is 0 Å². The van der Waals surface area contributed by atoms with Gasteiger partial charge in [-0.3, -0.25) is 4.99 Å². The van der Waals surface area contributed by atoms with Crippen LogP contribution in [0, 0.1) is 0 Å². The lowest BCUT2D eigenvalue weighted by atomic mass is 10.2. The lowest BCUT2D eigenvalue weighted by Crippen LogP contribution is -2.38. The van der Waals surface area contributed by atoms with Crippen molar-refractivity contribution in [2.75, 3.05) is 20.6 Å². The SMILES string of the molecule is CN=C(NCCCCC(F)(F)F)N(C)Cc1ccc(Br)cc1. The van der Waals surface area contributed by atoms with Gasteiger partial charge in [-0.15, -0.1) is 0 Å². The largest absolute Gasteiger partial charge is 0.389 e. The molecule has 0 aliphatic heterocycles. The van der Waals surface area contributed by atoms with Crippen molar-refractivity contribution >= 4 is 21.9 Å². The number of guanidine groups is 1. The van der Waals surface area contributed by atoms with Crippen molar-refractivity contribution in [1.29, 1.82) is 0 Å². The van der Waals surface area contributed by atoms with Crippen LogP contribution in [0.15, 0.2) is 33.7 Å². The van der Waals surface area contributed by atoms with Crippen LogP contribution >= 0.6 is 15.9 Å². The molecule has 22 heavy (non-hydrogen) atoms. The van der Waals surface area contributed by atoms with Gasteiger partial charge in [0.05, 0.1) is 0 Å². The number of hydrogen-bond donors (Lipinski definition) is 1. The molecule has 0 saturated carbocycles. The number of unbranched alkanes of at least 4 members (excludes halogenated alkanes) is 1. The summed E-state index contributed by atoms with van der Waals surface area (Å²) < 4.78 is 37.2. The van der Waals surface area contributed by atoms with Gasteiger partial charge in [0.2, 0.25) is 0 Å². The number of alkyl halides is 3. The quantitative estimate of drug-likeness (QED) is 0.455. The molecule has 1 aromatic carbocycles. The maximum atomic E-state index is 12.1. The molecule has 1 aromatic rings. The van der Waals surface area contributed by atoms with Crippen molar-refractivity contribution in [3.05, 3.63) is 34.3 Å². The Morgan fingerprint density at radius 2 is 1.86 bits per heavy atom. The van der Waals surface area contributed by atoms with Crippen LogP contribution in [-0.2, 0) is 6.54 Å².